The van der Waals surface area contributed by atoms with Crippen molar-refractivity contribution in [2.45, 2.75) is 39.2 Å². The standard InChI is InChI=1S/C12H22N2O3/c1-3-4-5-6-14-8-10(12(16)17)7-13-11(15)9(14)2/h9-10H,3-8H2,1-2H3,(H,13,15)(H,16,17). The Morgan fingerprint density at radius 2 is 2.24 bits per heavy atom. The van der Waals surface area contributed by atoms with Gasteiger partial charge in [0.1, 0.15) is 0 Å². The molecule has 0 bridgehead atoms. The first-order valence-electron chi connectivity index (χ1n) is 6.30. The van der Waals surface area contributed by atoms with Gasteiger partial charge in [-0.3, -0.25) is 14.5 Å². The summed E-state index contributed by atoms with van der Waals surface area (Å²) in [6.45, 7) is 5.46. The Kier molecular flexibility index (Phi) is 5.41. The van der Waals surface area contributed by atoms with Crippen LogP contribution in [0.3, 0.4) is 0 Å². The van der Waals surface area contributed by atoms with Gasteiger partial charge < -0.3 is 10.4 Å². The first-order chi connectivity index (χ1) is 8.06. The quantitative estimate of drug-likeness (QED) is 0.696. The first kappa shape index (κ1) is 14.0. The molecule has 17 heavy (non-hydrogen) atoms. The number of carboxylic acid groups (broad SMARTS) is 1. The number of carbonyl (C=O) groups is 2. The van der Waals surface area contributed by atoms with E-state index in [1.54, 1.807) is 0 Å². The molecular weight excluding hydrogens is 220 g/mol. The van der Waals surface area contributed by atoms with E-state index >= 15 is 0 Å². The van der Waals surface area contributed by atoms with Gasteiger partial charge in [-0.1, -0.05) is 19.8 Å². The molecule has 0 aromatic rings. The number of carbonyl (C=O) groups excluding carboxylic acids is 1. The Bertz CT molecular complexity index is 281. The number of carboxylic acids is 1. The molecule has 5 nitrogen and oxygen atoms in total. The number of aliphatic carboxylic acids is 1. The molecule has 0 spiro atoms. The summed E-state index contributed by atoms with van der Waals surface area (Å²) < 4.78 is 0. The topological polar surface area (TPSA) is 69.6 Å². The smallest absolute Gasteiger partial charge is 0.309 e. The highest BCUT2D eigenvalue weighted by Crippen LogP contribution is 2.11. The SMILES string of the molecule is CCCCCN1CC(C(=O)O)CNC(=O)C1C. The summed E-state index contributed by atoms with van der Waals surface area (Å²) in [7, 11) is 0. The maximum absolute atomic E-state index is 11.7. The van der Waals surface area contributed by atoms with Crippen LogP contribution in [0.15, 0.2) is 0 Å². The Hall–Kier alpha value is -1.10. The molecule has 1 fully saturated rings. The third kappa shape index (κ3) is 4.00. The minimum Gasteiger partial charge on any atom is -0.481 e. The van der Waals surface area contributed by atoms with Gasteiger partial charge in [0.05, 0.1) is 12.0 Å². The molecule has 2 N–H and O–H groups in total. The lowest BCUT2D eigenvalue weighted by atomic mass is 10.1. The second-order valence-corrected chi connectivity index (χ2v) is 4.66. The molecule has 1 aliphatic heterocycles. The lowest BCUT2D eigenvalue weighted by Crippen LogP contribution is -2.42. The average molecular weight is 242 g/mol. The van der Waals surface area contributed by atoms with Gasteiger partial charge in [-0.15, -0.1) is 0 Å². The van der Waals surface area contributed by atoms with E-state index < -0.39 is 11.9 Å². The maximum Gasteiger partial charge on any atom is 0.309 e. The van der Waals surface area contributed by atoms with Crippen LogP contribution in [0.4, 0.5) is 0 Å². The molecule has 98 valence electrons. The largest absolute Gasteiger partial charge is 0.481 e. The average Bonchev–Trinajstić information content (AvgIpc) is 2.42. The third-order valence-electron chi connectivity index (χ3n) is 3.30. The molecule has 1 rings (SSSR count). The molecule has 5 heteroatoms. The van der Waals surface area contributed by atoms with Gasteiger partial charge in [-0.25, -0.2) is 0 Å². The lowest BCUT2D eigenvalue weighted by Gasteiger charge is -2.26. The minimum atomic E-state index is -0.833. The van der Waals surface area contributed by atoms with Crippen LogP contribution in [-0.2, 0) is 9.59 Å². The monoisotopic (exact) mass is 242 g/mol. The van der Waals surface area contributed by atoms with Crippen LogP contribution in [0.25, 0.3) is 0 Å². The lowest BCUT2D eigenvalue weighted by molar-refractivity contribution is -0.142. The number of amides is 1. The van der Waals surface area contributed by atoms with Crippen molar-refractivity contribution in [1.82, 2.24) is 10.2 Å². The van der Waals surface area contributed by atoms with Gasteiger partial charge in [-0.05, 0) is 19.9 Å². The van der Waals surface area contributed by atoms with Crippen molar-refractivity contribution in [2.75, 3.05) is 19.6 Å². The van der Waals surface area contributed by atoms with E-state index in [0.717, 1.165) is 25.8 Å². The number of hydrogen-bond donors (Lipinski definition) is 2. The highest BCUT2D eigenvalue weighted by atomic mass is 16.4. The molecule has 2 atom stereocenters. The highest BCUT2D eigenvalue weighted by Gasteiger charge is 2.31. The van der Waals surface area contributed by atoms with Crippen molar-refractivity contribution >= 4 is 11.9 Å². The summed E-state index contributed by atoms with van der Waals surface area (Å²) in [4.78, 5) is 24.7. The third-order valence-corrected chi connectivity index (χ3v) is 3.30. The molecule has 1 saturated heterocycles. The molecule has 1 amide bonds. The second kappa shape index (κ2) is 6.59. The van der Waals surface area contributed by atoms with Crippen LogP contribution in [0.5, 0.6) is 0 Å². The normalized spacial score (nSPS) is 26.4. The molecule has 0 saturated carbocycles. The molecule has 0 aromatic heterocycles. The molecule has 0 radical (unpaired) electrons. The Morgan fingerprint density at radius 1 is 1.53 bits per heavy atom. The fourth-order valence-corrected chi connectivity index (χ4v) is 2.06. The number of unbranched alkanes of at least 4 members (excludes halogenated alkanes) is 2. The maximum atomic E-state index is 11.7. The van der Waals surface area contributed by atoms with E-state index in [-0.39, 0.29) is 18.5 Å². The van der Waals surface area contributed by atoms with E-state index in [1.165, 1.54) is 0 Å². The van der Waals surface area contributed by atoms with Crippen LogP contribution >= 0.6 is 0 Å². The van der Waals surface area contributed by atoms with Crippen molar-refractivity contribution in [2.24, 2.45) is 5.92 Å². The van der Waals surface area contributed by atoms with Crippen LogP contribution in [0.1, 0.15) is 33.1 Å². The zero-order valence-electron chi connectivity index (χ0n) is 10.6. The minimum absolute atomic E-state index is 0.0646. The van der Waals surface area contributed by atoms with Gasteiger partial charge in [0.15, 0.2) is 0 Å². The molecule has 0 aromatic carbocycles. The van der Waals surface area contributed by atoms with E-state index in [4.69, 9.17) is 5.11 Å². The van der Waals surface area contributed by atoms with Crippen molar-refractivity contribution in [3.05, 3.63) is 0 Å². The van der Waals surface area contributed by atoms with Gasteiger partial charge >= 0.3 is 5.97 Å². The molecule has 2 unspecified atom stereocenters. The van der Waals surface area contributed by atoms with Crippen molar-refractivity contribution in [3.63, 3.8) is 0 Å². The summed E-state index contributed by atoms with van der Waals surface area (Å²) in [5.74, 6) is -1.39. The van der Waals surface area contributed by atoms with Gasteiger partial charge in [0.25, 0.3) is 0 Å². The molecule has 0 aliphatic carbocycles. The van der Waals surface area contributed by atoms with Gasteiger partial charge in [-0.2, -0.15) is 0 Å². The number of nitrogens with one attached hydrogen (secondary N) is 1. The highest BCUT2D eigenvalue weighted by molar-refractivity contribution is 5.82. The van der Waals surface area contributed by atoms with Crippen LogP contribution in [0.2, 0.25) is 0 Å². The van der Waals surface area contributed by atoms with Crippen molar-refractivity contribution in [3.8, 4) is 0 Å². The van der Waals surface area contributed by atoms with Crippen molar-refractivity contribution < 1.29 is 14.7 Å². The Labute approximate surface area is 102 Å². The summed E-state index contributed by atoms with van der Waals surface area (Å²) in [5.41, 5.74) is 0. The molecule has 1 aliphatic rings. The van der Waals surface area contributed by atoms with E-state index in [9.17, 15) is 9.59 Å². The van der Waals surface area contributed by atoms with E-state index in [0.29, 0.717) is 6.54 Å². The number of hydrogen-bond acceptors (Lipinski definition) is 3. The van der Waals surface area contributed by atoms with Crippen LogP contribution < -0.4 is 5.32 Å². The van der Waals surface area contributed by atoms with E-state index in [1.807, 2.05) is 11.8 Å². The zero-order valence-corrected chi connectivity index (χ0v) is 10.6. The fourth-order valence-electron chi connectivity index (χ4n) is 2.06. The van der Waals surface area contributed by atoms with Gasteiger partial charge in [0.2, 0.25) is 5.91 Å². The van der Waals surface area contributed by atoms with Crippen LogP contribution in [-0.4, -0.2) is 47.6 Å². The predicted octanol–water partition coefficient (Wildman–Crippen LogP) is 0.698. The van der Waals surface area contributed by atoms with Gasteiger partial charge in [0, 0.05) is 13.1 Å². The Balaban J connectivity index is 2.61. The summed E-state index contributed by atoms with van der Waals surface area (Å²) >= 11 is 0. The first-order valence-corrected chi connectivity index (χ1v) is 6.30. The number of rotatable bonds is 5. The van der Waals surface area contributed by atoms with E-state index in [2.05, 4.69) is 12.2 Å². The van der Waals surface area contributed by atoms with Crippen LogP contribution in [0, 0.1) is 5.92 Å². The number of nitrogens with zero attached hydrogens (tertiary/aromatic N) is 1. The molecular formula is C12H22N2O3. The summed E-state index contributed by atoms with van der Waals surface area (Å²) in [6, 6.07) is -0.226. The summed E-state index contributed by atoms with van der Waals surface area (Å²) in [5, 5.41) is 11.7. The fraction of sp³-hybridized carbons (Fsp3) is 0.833. The predicted molar refractivity (Wildman–Crippen MR) is 64.7 cm³/mol. The zero-order chi connectivity index (χ0) is 12.8. The van der Waals surface area contributed by atoms with Crippen molar-refractivity contribution in [1.29, 1.82) is 0 Å². The summed E-state index contributed by atoms with van der Waals surface area (Å²) in [6.07, 6.45) is 3.25. The second-order valence-electron chi connectivity index (χ2n) is 4.66. The Morgan fingerprint density at radius 3 is 2.82 bits per heavy atom. The molecule has 1 heterocycles.